The summed E-state index contributed by atoms with van der Waals surface area (Å²) >= 11 is 5.85. The highest BCUT2D eigenvalue weighted by Crippen LogP contribution is 2.39. The van der Waals surface area contributed by atoms with Crippen molar-refractivity contribution >= 4 is 88.7 Å². The number of aromatic amines is 1. The van der Waals surface area contributed by atoms with Gasteiger partial charge in [-0.3, -0.25) is 14.6 Å². The molecule has 10 rings (SSSR count). The average molecular weight is 1310 g/mol. The summed E-state index contributed by atoms with van der Waals surface area (Å²) in [5.74, 6) is 2.48. The first kappa shape index (κ1) is 58.1. The van der Waals surface area contributed by atoms with Gasteiger partial charge in [0, 0.05) is 67.2 Å². The van der Waals surface area contributed by atoms with E-state index in [1.54, 1.807) is 16.0 Å². The minimum absolute atomic E-state index is 0.178. The van der Waals surface area contributed by atoms with Crippen LogP contribution >= 0.6 is 38.5 Å². The van der Waals surface area contributed by atoms with Crippen LogP contribution in [0.1, 0.15) is 70.2 Å². The van der Waals surface area contributed by atoms with E-state index >= 15 is 0 Å². The van der Waals surface area contributed by atoms with E-state index in [-0.39, 0.29) is 37.0 Å². The van der Waals surface area contributed by atoms with Crippen molar-refractivity contribution in [2.75, 3.05) is 26.3 Å². The monoisotopic (exact) mass is 1300 g/mol. The molecule has 2 atom stereocenters. The van der Waals surface area contributed by atoms with Gasteiger partial charge in [-0.2, -0.15) is 4.98 Å². The largest absolute Gasteiger partial charge is 0.444 e. The zero-order valence-electron chi connectivity index (χ0n) is 47.5. The van der Waals surface area contributed by atoms with E-state index < -0.39 is 33.9 Å². The Hall–Kier alpha value is -6.12. The van der Waals surface area contributed by atoms with Crippen LogP contribution in [0.25, 0.3) is 67.1 Å². The second-order valence-electron chi connectivity index (χ2n) is 24.4. The van der Waals surface area contributed by atoms with Crippen molar-refractivity contribution in [3.05, 3.63) is 127 Å². The molecule has 2 fully saturated rings. The topological polar surface area (TPSA) is 185 Å². The number of imidazole rings is 2. The van der Waals surface area contributed by atoms with Crippen molar-refractivity contribution in [2.45, 2.75) is 129 Å². The number of nitrogens with one attached hydrogen (secondary N) is 1. The maximum Gasteiger partial charge on any atom is 0.417 e. The number of benzene rings is 4. The van der Waals surface area contributed by atoms with Crippen LogP contribution in [0.3, 0.4) is 0 Å². The molecule has 0 radical (unpaired) electrons. The fraction of sp³-hybridized carbons (Fsp3) is 0.400. The summed E-state index contributed by atoms with van der Waals surface area (Å²) in [6.45, 7) is 22.3. The molecule has 4 aromatic heterocycles. The van der Waals surface area contributed by atoms with Gasteiger partial charge in [0.2, 0.25) is 5.88 Å². The van der Waals surface area contributed by atoms with E-state index in [4.69, 9.17) is 43.9 Å². The van der Waals surface area contributed by atoms with Crippen molar-refractivity contribution in [2.24, 2.45) is 0 Å². The number of fused-ring (bicyclic) bond motifs is 2. The summed E-state index contributed by atoms with van der Waals surface area (Å²) in [5, 5.41) is 1.04. The van der Waals surface area contributed by atoms with Gasteiger partial charge in [-0.05, 0) is 129 Å². The van der Waals surface area contributed by atoms with Crippen LogP contribution in [0.15, 0.2) is 107 Å². The van der Waals surface area contributed by atoms with Gasteiger partial charge in [-0.1, -0.05) is 97.7 Å². The Morgan fingerprint density at radius 1 is 0.667 bits per heavy atom. The smallest absolute Gasteiger partial charge is 0.417 e. The first-order valence-electron chi connectivity index (χ1n) is 27.7. The second kappa shape index (κ2) is 24.0. The number of ether oxygens (including phenoxy) is 4. The summed E-state index contributed by atoms with van der Waals surface area (Å²) in [6, 6.07) is 28.4. The number of likely N-dealkylation sites (tertiary alicyclic amines) is 2. The summed E-state index contributed by atoms with van der Waals surface area (Å²) in [6.07, 6.45) is 5.75. The van der Waals surface area contributed by atoms with Crippen molar-refractivity contribution in [3.8, 4) is 51.2 Å². The number of H-pyrrole nitrogens is 1. The predicted molar refractivity (Wildman–Crippen MR) is 333 cm³/mol. The molecule has 0 saturated carbocycles. The first-order chi connectivity index (χ1) is 38.6. The van der Waals surface area contributed by atoms with Crippen LogP contribution in [-0.2, 0) is 27.7 Å². The third-order valence-electron chi connectivity index (χ3n) is 14.5. The SMILES string of the molecule is CC(C)(C)OC(=O)N1CCC[C@H]1c1ncc(-c2ccc3nc(-c4ccc(-c5cnc([C@@H]6CCCN6C(=O)Oc6nc(-c7ccc(I)cc7)nc7ccc(Br)cc67)n5COCC[Si](C)(C)C)cc4)[nH]c(=O)c3c2)n1COCC[Si](C)(C)C. The molecule has 2 aliphatic heterocycles. The quantitative estimate of drug-likeness (QED) is 0.0518. The Morgan fingerprint density at radius 2 is 1.20 bits per heavy atom. The highest BCUT2D eigenvalue weighted by Gasteiger charge is 2.38. The van der Waals surface area contributed by atoms with Crippen LogP contribution in [0, 0.1) is 3.57 Å². The molecule has 424 valence electrons. The van der Waals surface area contributed by atoms with Crippen LogP contribution in [0.4, 0.5) is 9.59 Å². The molecular formula is C60H70BrIN10O7Si2. The molecule has 2 saturated heterocycles. The van der Waals surface area contributed by atoms with E-state index in [9.17, 15) is 14.4 Å². The molecule has 17 nitrogen and oxygen atoms in total. The van der Waals surface area contributed by atoms with Crippen molar-refractivity contribution in [3.63, 3.8) is 0 Å². The van der Waals surface area contributed by atoms with Gasteiger partial charge in [0.15, 0.2) is 5.82 Å². The number of aromatic nitrogens is 8. The standard InChI is InChI=1S/C60H70BrIN10O7Si2/c1-60(2,3)79-59(75)70-27-11-13-49(70)55-64-35-51(72(55)37-77-29-31-81(7,8)9)41-20-24-46-44(32-41)56(73)67-52(65-46)39-16-14-38(15-17-39)50-34-63-54(71(50)36-76-28-30-80(4,5)6)48-12-10-26-69(48)58(74)78-57-45-33-42(61)21-25-47(45)66-53(68-57)40-18-22-43(62)23-19-40/h14-25,32-35,48-49H,10-13,26-31,36-37H2,1-9H3,(H,65,67,73)/t48-,49-/m0/s1. The molecule has 81 heavy (non-hydrogen) atoms. The third kappa shape index (κ3) is 13.7. The van der Waals surface area contributed by atoms with Crippen molar-refractivity contribution < 1.29 is 28.5 Å². The number of nitrogens with zero attached hydrogens (tertiary/aromatic N) is 9. The van der Waals surface area contributed by atoms with Gasteiger partial charge >= 0.3 is 12.2 Å². The lowest BCUT2D eigenvalue weighted by molar-refractivity contribution is 0.0204. The normalized spacial score (nSPS) is 16.0. The molecule has 6 heterocycles. The fourth-order valence-corrected chi connectivity index (χ4v) is 12.4. The Labute approximate surface area is 496 Å². The van der Waals surface area contributed by atoms with Crippen LogP contribution in [0.5, 0.6) is 5.88 Å². The van der Waals surface area contributed by atoms with Crippen molar-refractivity contribution in [1.29, 1.82) is 0 Å². The van der Waals surface area contributed by atoms with Gasteiger partial charge in [0.1, 0.15) is 36.5 Å². The lowest BCUT2D eigenvalue weighted by Crippen LogP contribution is -2.37. The summed E-state index contributed by atoms with van der Waals surface area (Å²) < 4.78 is 30.8. The molecule has 2 amide bonds. The molecule has 0 spiro atoms. The molecule has 0 bridgehead atoms. The number of carbonyl (C=O) groups is 2. The lowest BCUT2D eigenvalue weighted by Gasteiger charge is -2.29. The highest BCUT2D eigenvalue weighted by atomic mass is 127. The number of hydrogen-bond donors (Lipinski definition) is 1. The average Bonchev–Trinajstić information content (AvgIpc) is 4.47. The Bertz CT molecular complexity index is 3670. The van der Waals surface area contributed by atoms with Crippen LogP contribution < -0.4 is 10.3 Å². The number of amides is 2. The van der Waals surface area contributed by atoms with Gasteiger partial charge in [0.05, 0.1) is 57.7 Å². The number of hydrogen-bond acceptors (Lipinski definition) is 12. The van der Waals surface area contributed by atoms with E-state index in [1.807, 2.05) is 116 Å². The van der Waals surface area contributed by atoms with Crippen LogP contribution in [0.2, 0.25) is 51.4 Å². The van der Waals surface area contributed by atoms with Gasteiger partial charge in [0.25, 0.3) is 5.56 Å². The Morgan fingerprint density at radius 3 is 1.79 bits per heavy atom. The lowest BCUT2D eigenvalue weighted by atomic mass is 10.1. The molecule has 1 N–H and O–H groups in total. The maximum atomic E-state index is 14.4. The molecule has 2 aliphatic rings. The zero-order valence-corrected chi connectivity index (χ0v) is 53.3. The third-order valence-corrected chi connectivity index (χ3v) is 19.2. The minimum atomic E-state index is -1.40. The molecule has 0 aliphatic carbocycles. The number of halogens is 2. The number of rotatable bonds is 17. The predicted octanol–water partition coefficient (Wildman–Crippen LogP) is 14.3. The molecule has 4 aromatic carbocycles. The fourth-order valence-electron chi connectivity index (χ4n) is 10.2. The molecule has 0 unspecified atom stereocenters. The van der Waals surface area contributed by atoms with Crippen LogP contribution in [-0.4, -0.2) is 109 Å². The van der Waals surface area contributed by atoms with Crippen molar-refractivity contribution in [1.82, 2.24) is 48.8 Å². The Balaban J connectivity index is 0.917. The summed E-state index contributed by atoms with van der Waals surface area (Å²) in [4.78, 5) is 73.1. The van der Waals surface area contributed by atoms with Gasteiger partial charge < -0.3 is 33.1 Å². The first-order valence-corrected chi connectivity index (χ1v) is 37.0. The van der Waals surface area contributed by atoms with E-state index in [1.165, 1.54) is 0 Å². The van der Waals surface area contributed by atoms with E-state index in [2.05, 4.69) is 87.4 Å². The Kier molecular flexibility index (Phi) is 17.2. The number of carbonyl (C=O) groups excluding carboxylic acids is 2. The minimum Gasteiger partial charge on any atom is -0.444 e. The van der Waals surface area contributed by atoms with Gasteiger partial charge in [-0.25, -0.2) is 29.5 Å². The summed E-state index contributed by atoms with van der Waals surface area (Å²) in [7, 11) is -2.77. The van der Waals surface area contributed by atoms with Gasteiger partial charge in [-0.15, -0.1) is 0 Å². The molecule has 21 heteroatoms. The van der Waals surface area contributed by atoms with E-state index in [0.29, 0.717) is 72.0 Å². The zero-order chi connectivity index (χ0) is 57.4. The molecule has 8 aromatic rings. The second-order valence-corrected chi connectivity index (χ2v) is 37.8. The van der Waals surface area contributed by atoms with E-state index in [0.717, 1.165) is 78.9 Å². The highest BCUT2D eigenvalue weighted by molar-refractivity contribution is 14.1. The summed E-state index contributed by atoms with van der Waals surface area (Å²) in [5.41, 5.74) is 5.05. The molecular weight excluding hydrogens is 1240 g/mol. The maximum absolute atomic E-state index is 14.4.